The number of carboxylic acid groups (broad SMARTS) is 1. The highest BCUT2D eigenvalue weighted by atomic mass is 16.5. The fraction of sp³-hybridized carbons (Fsp3) is 0.733. The molecular weight excluding hydrogens is 258 g/mol. The number of carbonyl (C=O) groups is 2. The topological polar surface area (TPSA) is 66.8 Å². The van der Waals surface area contributed by atoms with E-state index in [2.05, 4.69) is 13.8 Å². The number of hydrogen-bond acceptors (Lipinski definition) is 3. The summed E-state index contributed by atoms with van der Waals surface area (Å²) in [5.41, 5.74) is -0.0306. The Labute approximate surface area is 120 Å². The van der Waals surface area contributed by atoms with Gasteiger partial charge in [-0.25, -0.2) is 9.59 Å². The van der Waals surface area contributed by atoms with E-state index in [1.165, 1.54) is 11.0 Å². The zero-order chi connectivity index (χ0) is 15.2. The second kappa shape index (κ2) is 7.31. The number of nitrogens with zero attached hydrogens (tertiary/aromatic N) is 1. The van der Waals surface area contributed by atoms with E-state index in [1.807, 2.05) is 6.08 Å². The summed E-state index contributed by atoms with van der Waals surface area (Å²) in [6, 6.07) is 0. The predicted octanol–water partition coefficient (Wildman–Crippen LogP) is 2.91. The molecule has 1 fully saturated rings. The van der Waals surface area contributed by atoms with Crippen molar-refractivity contribution in [2.45, 2.75) is 40.0 Å². The highest BCUT2D eigenvalue weighted by molar-refractivity contribution is 5.81. The largest absolute Gasteiger partial charge is 0.465 e. The molecule has 5 heteroatoms. The maximum absolute atomic E-state index is 11.3. The number of piperidine rings is 1. The summed E-state index contributed by atoms with van der Waals surface area (Å²) in [6.07, 6.45) is 5.13. The van der Waals surface area contributed by atoms with Crippen LogP contribution in [-0.2, 0) is 9.53 Å². The van der Waals surface area contributed by atoms with Crippen molar-refractivity contribution in [3.8, 4) is 0 Å². The SMILES string of the molecule is CCOC(=O)/C=C/CC(C)(C)[C@H]1CCCN(C(=O)O)C1. The lowest BCUT2D eigenvalue weighted by Gasteiger charge is -2.40. The lowest BCUT2D eigenvalue weighted by atomic mass is 9.72. The Morgan fingerprint density at radius 3 is 2.75 bits per heavy atom. The number of allylic oxidation sites excluding steroid dienone is 1. The van der Waals surface area contributed by atoms with Crippen molar-refractivity contribution >= 4 is 12.1 Å². The normalized spacial score (nSPS) is 20.1. The molecule has 0 aromatic carbocycles. The van der Waals surface area contributed by atoms with Crippen LogP contribution < -0.4 is 0 Å². The highest BCUT2D eigenvalue weighted by Gasteiger charge is 2.33. The zero-order valence-electron chi connectivity index (χ0n) is 12.6. The predicted molar refractivity (Wildman–Crippen MR) is 76.5 cm³/mol. The van der Waals surface area contributed by atoms with Crippen molar-refractivity contribution in [3.05, 3.63) is 12.2 Å². The average molecular weight is 283 g/mol. The smallest absolute Gasteiger partial charge is 0.407 e. The standard InChI is InChI=1S/C15H25NO4/c1-4-20-13(17)8-5-9-15(2,3)12-7-6-10-16(11-12)14(18)19/h5,8,12H,4,6-7,9-11H2,1-3H3,(H,18,19)/b8-5+/t12-/m0/s1. The minimum absolute atomic E-state index is 0.0306. The van der Waals surface area contributed by atoms with Crippen LogP contribution in [0.1, 0.15) is 40.0 Å². The molecule has 0 saturated carbocycles. The molecule has 1 aliphatic rings. The molecule has 1 atom stereocenters. The molecule has 0 unspecified atom stereocenters. The van der Waals surface area contributed by atoms with Crippen LogP contribution in [0, 0.1) is 11.3 Å². The van der Waals surface area contributed by atoms with Crippen molar-refractivity contribution in [1.29, 1.82) is 0 Å². The quantitative estimate of drug-likeness (QED) is 0.622. The minimum Gasteiger partial charge on any atom is -0.465 e. The molecule has 0 radical (unpaired) electrons. The van der Waals surface area contributed by atoms with Gasteiger partial charge in [0.05, 0.1) is 6.61 Å². The summed E-state index contributed by atoms with van der Waals surface area (Å²) < 4.78 is 4.84. The van der Waals surface area contributed by atoms with E-state index < -0.39 is 6.09 Å². The van der Waals surface area contributed by atoms with Crippen LogP contribution in [0.4, 0.5) is 4.79 Å². The van der Waals surface area contributed by atoms with Crippen LogP contribution >= 0.6 is 0 Å². The van der Waals surface area contributed by atoms with Crippen LogP contribution in [0.5, 0.6) is 0 Å². The third-order valence-electron chi connectivity index (χ3n) is 3.98. The Hall–Kier alpha value is -1.52. The molecule has 0 aliphatic carbocycles. The van der Waals surface area contributed by atoms with E-state index in [0.717, 1.165) is 19.3 Å². The van der Waals surface area contributed by atoms with Crippen LogP contribution in [0.3, 0.4) is 0 Å². The van der Waals surface area contributed by atoms with Crippen molar-refractivity contribution < 1.29 is 19.4 Å². The van der Waals surface area contributed by atoms with Gasteiger partial charge < -0.3 is 14.7 Å². The second-order valence-corrected chi connectivity index (χ2v) is 5.91. The van der Waals surface area contributed by atoms with Crippen molar-refractivity contribution in [1.82, 2.24) is 4.90 Å². The fourth-order valence-electron chi connectivity index (χ4n) is 2.60. The molecule has 5 nitrogen and oxygen atoms in total. The molecule has 1 heterocycles. The summed E-state index contributed by atoms with van der Waals surface area (Å²) in [5, 5.41) is 9.08. The first-order valence-electron chi connectivity index (χ1n) is 7.18. The maximum atomic E-state index is 11.3. The molecule has 114 valence electrons. The van der Waals surface area contributed by atoms with Gasteiger partial charge >= 0.3 is 12.1 Å². The molecule has 1 saturated heterocycles. The van der Waals surface area contributed by atoms with Crippen LogP contribution in [0.15, 0.2) is 12.2 Å². The van der Waals surface area contributed by atoms with Gasteiger partial charge in [-0.1, -0.05) is 19.9 Å². The molecule has 20 heavy (non-hydrogen) atoms. The Morgan fingerprint density at radius 2 is 2.15 bits per heavy atom. The molecule has 0 aromatic heterocycles. The zero-order valence-corrected chi connectivity index (χ0v) is 12.6. The first kappa shape index (κ1) is 16.5. The molecule has 1 aliphatic heterocycles. The van der Waals surface area contributed by atoms with Crippen LogP contribution in [-0.4, -0.2) is 41.8 Å². The van der Waals surface area contributed by atoms with Gasteiger partial charge in [0.2, 0.25) is 0 Å². The summed E-state index contributed by atoms with van der Waals surface area (Å²) in [6.45, 7) is 7.61. The Kier molecular flexibility index (Phi) is 6.05. The van der Waals surface area contributed by atoms with E-state index in [4.69, 9.17) is 9.84 Å². The van der Waals surface area contributed by atoms with Gasteiger partial charge in [-0.15, -0.1) is 0 Å². The number of carbonyl (C=O) groups excluding carboxylic acids is 1. The van der Waals surface area contributed by atoms with Gasteiger partial charge in [-0.05, 0) is 37.5 Å². The van der Waals surface area contributed by atoms with Gasteiger partial charge in [0.15, 0.2) is 0 Å². The van der Waals surface area contributed by atoms with Gasteiger partial charge in [0.25, 0.3) is 0 Å². The van der Waals surface area contributed by atoms with Crippen LogP contribution in [0.2, 0.25) is 0 Å². The van der Waals surface area contributed by atoms with Gasteiger partial charge in [-0.3, -0.25) is 0 Å². The van der Waals surface area contributed by atoms with Crippen molar-refractivity contribution in [2.75, 3.05) is 19.7 Å². The van der Waals surface area contributed by atoms with E-state index in [1.54, 1.807) is 6.92 Å². The first-order chi connectivity index (χ1) is 9.36. The number of esters is 1. The molecule has 1 N–H and O–H groups in total. The minimum atomic E-state index is -0.840. The van der Waals surface area contributed by atoms with Crippen LogP contribution in [0.25, 0.3) is 0 Å². The van der Waals surface area contributed by atoms with E-state index in [0.29, 0.717) is 25.6 Å². The number of amides is 1. The molecule has 0 bridgehead atoms. The monoisotopic (exact) mass is 283 g/mol. The Morgan fingerprint density at radius 1 is 1.45 bits per heavy atom. The summed E-state index contributed by atoms with van der Waals surface area (Å²) in [5.74, 6) is -0.00157. The Bertz CT molecular complexity index is 376. The van der Waals surface area contributed by atoms with E-state index >= 15 is 0 Å². The fourth-order valence-corrected chi connectivity index (χ4v) is 2.60. The number of ether oxygens (including phenoxy) is 1. The number of hydrogen-bond donors (Lipinski definition) is 1. The third-order valence-corrected chi connectivity index (χ3v) is 3.98. The number of likely N-dealkylation sites (tertiary alicyclic amines) is 1. The average Bonchev–Trinajstić information content (AvgIpc) is 2.39. The summed E-state index contributed by atoms with van der Waals surface area (Å²) >= 11 is 0. The van der Waals surface area contributed by atoms with Crippen molar-refractivity contribution in [3.63, 3.8) is 0 Å². The first-order valence-corrected chi connectivity index (χ1v) is 7.18. The lowest BCUT2D eigenvalue weighted by Crippen LogP contribution is -2.43. The van der Waals surface area contributed by atoms with Gasteiger partial charge in [-0.2, -0.15) is 0 Å². The molecule has 1 amide bonds. The third kappa shape index (κ3) is 4.87. The lowest BCUT2D eigenvalue weighted by molar-refractivity contribution is -0.137. The molecular formula is C15H25NO4. The highest BCUT2D eigenvalue weighted by Crippen LogP contribution is 2.37. The molecule has 1 rings (SSSR count). The van der Waals surface area contributed by atoms with Gasteiger partial charge in [0.1, 0.15) is 0 Å². The molecule has 0 aromatic rings. The second-order valence-electron chi connectivity index (χ2n) is 5.91. The maximum Gasteiger partial charge on any atom is 0.407 e. The van der Waals surface area contributed by atoms with Crippen molar-refractivity contribution in [2.24, 2.45) is 11.3 Å². The summed E-state index contributed by atoms with van der Waals surface area (Å²) in [4.78, 5) is 23.8. The van der Waals surface area contributed by atoms with Gasteiger partial charge in [0, 0.05) is 19.2 Å². The molecule has 0 spiro atoms. The Balaban J connectivity index is 2.54. The van der Waals surface area contributed by atoms with E-state index in [-0.39, 0.29) is 11.4 Å². The number of rotatable bonds is 5. The van der Waals surface area contributed by atoms with E-state index in [9.17, 15) is 9.59 Å². The summed E-state index contributed by atoms with van der Waals surface area (Å²) in [7, 11) is 0.